The van der Waals surface area contributed by atoms with E-state index in [1.165, 1.54) is 75.7 Å². The van der Waals surface area contributed by atoms with E-state index in [1.807, 2.05) is 0 Å². The molecule has 1 aliphatic heterocycles. The first-order valence-corrected chi connectivity index (χ1v) is 9.78. The fourth-order valence-corrected chi connectivity index (χ4v) is 5.18. The predicted molar refractivity (Wildman–Crippen MR) is 98.5 cm³/mol. The fraction of sp³-hybridized carbons (Fsp3) is 0.789. The molecular weight excluding hydrogens is 298 g/mol. The van der Waals surface area contributed by atoms with Gasteiger partial charge in [-0.2, -0.15) is 4.98 Å². The van der Waals surface area contributed by atoms with E-state index in [-0.39, 0.29) is 0 Å². The number of nitrogens with zero attached hydrogens (tertiary/aromatic N) is 4. The molecule has 4 rings (SSSR count). The Labute approximate surface area is 145 Å². The first-order chi connectivity index (χ1) is 11.7. The molecule has 2 N–H and O–H groups in total. The summed E-state index contributed by atoms with van der Waals surface area (Å²) >= 11 is 0. The van der Waals surface area contributed by atoms with Gasteiger partial charge >= 0.3 is 0 Å². The van der Waals surface area contributed by atoms with Gasteiger partial charge in [0.05, 0.1) is 5.69 Å². The van der Waals surface area contributed by atoms with Gasteiger partial charge in [0, 0.05) is 24.1 Å². The zero-order valence-electron chi connectivity index (χ0n) is 15.1. The summed E-state index contributed by atoms with van der Waals surface area (Å²) < 4.78 is 0. The number of rotatable bonds is 1. The van der Waals surface area contributed by atoms with Crippen molar-refractivity contribution in [2.24, 2.45) is 0 Å². The van der Waals surface area contributed by atoms with Gasteiger partial charge in [0.25, 0.3) is 0 Å². The minimum absolute atomic E-state index is 0.308. The highest BCUT2D eigenvalue weighted by atomic mass is 15.2. The van der Waals surface area contributed by atoms with Crippen LogP contribution in [0.15, 0.2) is 0 Å². The Morgan fingerprint density at radius 1 is 0.875 bits per heavy atom. The van der Waals surface area contributed by atoms with Crippen molar-refractivity contribution in [3.8, 4) is 0 Å². The molecule has 0 radical (unpaired) electrons. The molecule has 3 aliphatic rings. The van der Waals surface area contributed by atoms with Crippen molar-refractivity contribution in [2.45, 2.75) is 63.2 Å². The minimum atomic E-state index is 0.308. The molecule has 1 saturated heterocycles. The van der Waals surface area contributed by atoms with Gasteiger partial charge in [-0.25, -0.2) is 4.98 Å². The maximum absolute atomic E-state index is 6.18. The van der Waals surface area contributed by atoms with Crippen molar-refractivity contribution >= 4 is 11.8 Å². The van der Waals surface area contributed by atoms with E-state index in [0.717, 1.165) is 25.3 Å². The number of hydrogen-bond donors (Lipinski definition) is 1. The van der Waals surface area contributed by atoms with Crippen LogP contribution >= 0.6 is 0 Å². The lowest BCUT2D eigenvalue weighted by atomic mass is 9.71. The van der Waals surface area contributed by atoms with E-state index in [1.54, 1.807) is 0 Å². The Morgan fingerprint density at radius 2 is 1.54 bits per heavy atom. The van der Waals surface area contributed by atoms with E-state index < -0.39 is 0 Å². The number of hydrogen-bond acceptors (Lipinski definition) is 5. The molecule has 1 spiro atoms. The van der Waals surface area contributed by atoms with Gasteiger partial charge in [0.1, 0.15) is 5.82 Å². The highest BCUT2D eigenvalue weighted by Gasteiger charge is 2.42. The van der Waals surface area contributed by atoms with Crippen molar-refractivity contribution in [1.82, 2.24) is 14.9 Å². The summed E-state index contributed by atoms with van der Waals surface area (Å²) in [4.78, 5) is 14.5. The first kappa shape index (κ1) is 16.1. The molecule has 1 saturated carbocycles. The molecular formula is C19H31N5. The Hall–Kier alpha value is -1.36. The Morgan fingerprint density at radius 3 is 2.25 bits per heavy atom. The van der Waals surface area contributed by atoms with Gasteiger partial charge in [-0.1, -0.05) is 12.8 Å². The van der Waals surface area contributed by atoms with Gasteiger partial charge in [-0.05, 0) is 65.1 Å². The van der Waals surface area contributed by atoms with Crippen molar-refractivity contribution in [1.29, 1.82) is 0 Å². The monoisotopic (exact) mass is 329 g/mol. The summed E-state index contributed by atoms with van der Waals surface area (Å²) in [7, 11) is 2.23. The quantitative estimate of drug-likeness (QED) is 0.858. The largest absolute Gasteiger partial charge is 0.368 e. The number of aromatic nitrogens is 2. The topological polar surface area (TPSA) is 58.3 Å². The Bertz CT molecular complexity index is 584. The van der Waals surface area contributed by atoms with Crippen LogP contribution in [0.25, 0.3) is 0 Å². The Balaban J connectivity index is 1.70. The summed E-state index contributed by atoms with van der Waals surface area (Å²) in [6, 6.07) is 0. The SMILES string of the molecule is CN1CCCN(c2nc(N)nc3c2CCCC32CCCC2)CCC1. The lowest BCUT2D eigenvalue weighted by molar-refractivity contribution is 0.312. The van der Waals surface area contributed by atoms with E-state index in [4.69, 9.17) is 15.7 Å². The van der Waals surface area contributed by atoms with Crippen LogP contribution in [-0.4, -0.2) is 48.1 Å². The second-order valence-electron chi connectivity index (χ2n) is 8.07. The number of nitrogen functional groups attached to an aromatic ring is 1. The van der Waals surface area contributed by atoms with Gasteiger partial charge in [-0.3, -0.25) is 0 Å². The number of nitrogens with two attached hydrogens (primary N) is 1. The van der Waals surface area contributed by atoms with Gasteiger partial charge in [0.2, 0.25) is 5.95 Å². The smallest absolute Gasteiger partial charge is 0.222 e. The molecule has 0 aromatic carbocycles. The van der Waals surface area contributed by atoms with Crippen LogP contribution in [-0.2, 0) is 11.8 Å². The van der Waals surface area contributed by atoms with Crippen molar-refractivity contribution in [2.75, 3.05) is 43.9 Å². The Kier molecular flexibility index (Phi) is 4.37. The van der Waals surface area contributed by atoms with Gasteiger partial charge in [-0.15, -0.1) is 0 Å². The molecule has 0 atom stereocenters. The molecule has 1 aromatic rings. The molecule has 0 amide bonds. The predicted octanol–water partition coefficient (Wildman–Crippen LogP) is 2.74. The zero-order valence-corrected chi connectivity index (χ0v) is 15.1. The number of fused-ring (bicyclic) bond motifs is 2. The standard InChI is InChI=1S/C19H31N5/c1-23-11-5-13-24(14-6-12-23)17-15-7-4-10-19(8-2-3-9-19)16(15)21-18(20)22-17/h2-14H2,1H3,(H2,20,21,22). The van der Waals surface area contributed by atoms with Crippen LogP contribution in [0.4, 0.5) is 11.8 Å². The zero-order chi connectivity index (χ0) is 16.6. The molecule has 1 aromatic heterocycles. The van der Waals surface area contributed by atoms with Crippen molar-refractivity contribution in [3.63, 3.8) is 0 Å². The van der Waals surface area contributed by atoms with E-state index in [9.17, 15) is 0 Å². The molecule has 2 aliphatic carbocycles. The van der Waals surface area contributed by atoms with Crippen LogP contribution in [0.1, 0.15) is 62.6 Å². The van der Waals surface area contributed by atoms with E-state index in [2.05, 4.69) is 16.8 Å². The lowest BCUT2D eigenvalue weighted by Gasteiger charge is -2.38. The fourth-order valence-electron chi connectivity index (χ4n) is 5.18. The van der Waals surface area contributed by atoms with Crippen molar-refractivity contribution < 1.29 is 0 Å². The van der Waals surface area contributed by atoms with Crippen LogP contribution in [0.5, 0.6) is 0 Å². The summed E-state index contributed by atoms with van der Waals surface area (Å²) in [5, 5.41) is 0. The average Bonchev–Trinajstić information content (AvgIpc) is 3.00. The third kappa shape index (κ3) is 2.87. The third-order valence-corrected chi connectivity index (χ3v) is 6.38. The van der Waals surface area contributed by atoms with Crippen LogP contribution in [0, 0.1) is 0 Å². The second kappa shape index (κ2) is 6.51. The van der Waals surface area contributed by atoms with Gasteiger partial charge < -0.3 is 15.5 Å². The molecule has 2 fully saturated rings. The van der Waals surface area contributed by atoms with Crippen LogP contribution in [0.3, 0.4) is 0 Å². The maximum atomic E-state index is 6.18. The molecule has 24 heavy (non-hydrogen) atoms. The molecule has 5 nitrogen and oxygen atoms in total. The van der Waals surface area contributed by atoms with E-state index >= 15 is 0 Å². The highest BCUT2D eigenvalue weighted by Crippen LogP contribution is 2.49. The molecule has 0 unspecified atom stereocenters. The van der Waals surface area contributed by atoms with Crippen molar-refractivity contribution in [3.05, 3.63) is 11.3 Å². The molecule has 2 heterocycles. The number of anilines is 2. The highest BCUT2D eigenvalue weighted by molar-refractivity contribution is 5.55. The summed E-state index contributed by atoms with van der Waals surface area (Å²) in [5.74, 6) is 1.64. The molecule has 5 heteroatoms. The normalized spacial score (nSPS) is 24.6. The van der Waals surface area contributed by atoms with Gasteiger partial charge in [0.15, 0.2) is 0 Å². The minimum Gasteiger partial charge on any atom is -0.368 e. The average molecular weight is 329 g/mol. The molecule has 132 valence electrons. The summed E-state index contributed by atoms with van der Waals surface area (Å²) in [5.41, 5.74) is 9.22. The summed E-state index contributed by atoms with van der Waals surface area (Å²) in [6.45, 7) is 4.51. The maximum Gasteiger partial charge on any atom is 0.222 e. The first-order valence-electron chi connectivity index (χ1n) is 9.78. The van der Waals surface area contributed by atoms with Crippen LogP contribution < -0.4 is 10.6 Å². The van der Waals surface area contributed by atoms with E-state index in [0.29, 0.717) is 11.4 Å². The third-order valence-electron chi connectivity index (χ3n) is 6.38. The summed E-state index contributed by atoms with van der Waals surface area (Å²) in [6.07, 6.45) is 11.4. The van der Waals surface area contributed by atoms with Crippen LogP contribution in [0.2, 0.25) is 0 Å². The lowest BCUT2D eigenvalue weighted by Crippen LogP contribution is -2.38. The molecule has 0 bridgehead atoms. The second-order valence-corrected chi connectivity index (χ2v) is 8.07.